The zero-order chi connectivity index (χ0) is 15.2. The number of aromatic hydroxyl groups is 1. The molecule has 0 saturated carbocycles. The number of ether oxygens (including phenoxy) is 1. The highest BCUT2D eigenvalue weighted by Crippen LogP contribution is 2.27. The van der Waals surface area contributed by atoms with Crippen molar-refractivity contribution >= 4 is 15.9 Å². The minimum Gasteiger partial charge on any atom is -0.504 e. The van der Waals surface area contributed by atoms with E-state index in [-0.39, 0.29) is 11.8 Å². The summed E-state index contributed by atoms with van der Waals surface area (Å²) < 4.78 is 6.51. The zero-order valence-corrected chi connectivity index (χ0v) is 13.9. The van der Waals surface area contributed by atoms with Gasteiger partial charge in [-0.2, -0.15) is 0 Å². The first-order valence-corrected chi connectivity index (χ1v) is 7.83. The number of phenols is 1. The summed E-state index contributed by atoms with van der Waals surface area (Å²) in [6.45, 7) is 5.28. The number of hydrogen-bond donors (Lipinski definition) is 2. The van der Waals surface area contributed by atoms with Crippen molar-refractivity contribution in [3.8, 4) is 11.5 Å². The maximum Gasteiger partial charge on any atom is 0.161 e. The molecule has 0 unspecified atom stereocenters. The Kier molecular flexibility index (Phi) is 5.65. The third kappa shape index (κ3) is 4.22. The van der Waals surface area contributed by atoms with Crippen molar-refractivity contribution in [1.29, 1.82) is 0 Å². The summed E-state index contributed by atoms with van der Waals surface area (Å²) in [5, 5.41) is 13.2. The molecule has 0 aliphatic rings. The van der Waals surface area contributed by atoms with Crippen LogP contribution in [0, 0.1) is 0 Å². The van der Waals surface area contributed by atoms with Gasteiger partial charge in [0.05, 0.1) is 6.61 Å². The molecule has 112 valence electrons. The summed E-state index contributed by atoms with van der Waals surface area (Å²) in [4.78, 5) is 0. The van der Waals surface area contributed by atoms with Crippen molar-refractivity contribution < 1.29 is 9.84 Å². The Labute approximate surface area is 134 Å². The number of phenolic OH excluding ortho intramolecular Hbond substituents is 1. The van der Waals surface area contributed by atoms with E-state index in [2.05, 4.69) is 34.2 Å². The fraction of sp³-hybridized carbons (Fsp3) is 0.294. The lowest BCUT2D eigenvalue weighted by atomic mass is 10.1. The molecular formula is C17H20BrNO2. The quantitative estimate of drug-likeness (QED) is 0.811. The van der Waals surface area contributed by atoms with Gasteiger partial charge in [0.25, 0.3) is 0 Å². The Morgan fingerprint density at radius 3 is 2.71 bits per heavy atom. The molecule has 2 aromatic carbocycles. The highest BCUT2D eigenvalue weighted by atomic mass is 79.9. The van der Waals surface area contributed by atoms with Crippen molar-refractivity contribution in [3.05, 3.63) is 58.1 Å². The molecule has 2 rings (SSSR count). The van der Waals surface area contributed by atoms with Crippen LogP contribution in [0.15, 0.2) is 46.9 Å². The van der Waals surface area contributed by atoms with Crippen LogP contribution in [-0.4, -0.2) is 11.7 Å². The normalized spacial score (nSPS) is 12.1. The number of hydrogen-bond acceptors (Lipinski definition) is 3. The van der Waals surface area contributed by atoms with Crippen molar-refractivity contribution in [3.63, 3.8) is 0 Å². The minimum atomic E-state index is 0.180. The zero-order valence-electron chi connectivity index (χ0n) is 12.3. The van der Waals surface area contributed by atoms with Gasteiger partial charge >= 0.3 is 0 Å². The Hall–Kier alpha value is -1.52. The monoisotopic (exact) mass is 349 g/mol. The molecule has 0 saturated heterocycles. The molecule has 2 aromatic rings. The van der Waals surface area contributed by atoms with Crippen LogP contribution in [0.3, 0.4) is 0 Å². The Balaban J connectivity index is 2.03. The predicted octanol–water partition coefficient (Wildman–Crippen LogP) is 4.40. The van der Waals surface area contributed by atoms with Gasteiger partial charge in [-0.3, -0.25) is 0 Å². The summed E-state index contributed by atoms with van der Waals surface area (Å²) in [7, 11) is 0. The molecule has 0 bridgehead atoms. The molecule has 21 heavy (non-hydrogen) atoms. The van der Waals surface area contributed by atoms with Gasteiger partial charge in [0.2, 0.25) is 0 Å². The molecule has 0 aliphatic carbocycles. The summed E-state index contributed by atoms with van der Waals surface area (Å²) in [6.07, 6.45) is 0. The Morgan fingerprint density at radius 2 is 2.00 bits per heavy atom. The highest BCUT2D eigenvalue weighted by Gasteiger charge is 2.09. The second-order valence-corrected chi connectivity index (χ2v) is 5.71. The molecule has 1 atom stereocenters. The minimum absolute atomic E-state index is 0.180. The number of nitrogens with one attached hydrogen (secondary N) is 1. The average molecular weight is 350 g/mol. The van der Waals surface area contributed by atoms with Gasteiger partial charge in [-0.25, -0.2) is 0 Å². The smallest absolute Gasteiger partial charge is 0.161 e. The molecular weight excluding hydrogens is 330 g/mol. The van der Waals surface area contributed by atoms with Crippen molar-refractivity contribution in [1.82, 2.24) is 5.32 Å². The first-order chi connectivity index (χ1) is 10.1. The van der Waals surface area contributed by atoms with Gasteiger partial charge in [-0.15, -0.1) is 0 Å². The third-order valence-electron chi connectivity index (χ3n) is 3.31. The molecule has 0 aliphatic heterocycles. The predicted molar refractivity (Wildman–Crippen MR) is 88.7 cm³/mol. The molecule has 2 N–H and O–H groups in total. The van der Waals surface area contributed by atoms with Gasteiger partial charge in [-0.05, 0) is 43.2 Å². The lowest BCUT2D eigenvalue weighted by Crippen LogP contribution is -2.18. The SMILES string of the molecule is CCOc1cc(CN[C@@H](C)c2ccccc2Br)ccc1O. The average Bonchev–Trinajstić information content (AvgIpc) is 2.48. The second-order valence-electron chi connectivity index (χ2n) is 4.86. The van der Waals surface area contributed by atoms with Gasteiger partial charge in [0, 0.05) is 17.1 Å². The fourth-order valence-corrected chi connectivity index (χ4v) is 2.77. The number of rotatable bonds is 6. The van der Waals surface area contributed by atoms with Crippen LogP contribution >= 0.6 is 15.9 Å². The van der Waals surface area contributed by atoms with E-state index in [1.54, 1.807) is 6.07 Å². The maximum absolute atomic E-state index is 9.71. The summed E-state index contributed by atoms with van der Waals surface area (Å²) in [5.41, 5.74) is 2.30. The van der Waals surface area contributed by atoms with Crippen LogP contribution in [-0.2, 0) is 6.54 Å². The van der Waals surface area contributed by atoms with Crippen LogP contribution in [0.2, 0.25) is 0 Å². The van der Waals surface area contributed by atoms with Gasteiger partial charge in [0.15, 0.2) is 11.5 Å². The van der Waals surface area contributed by atoms with Crippen LogP contribution < -0.4 is 10.1 Å². The van der Waals surface area contributed by atoms with E-state index in [0.29, 0.717) is 18.9 Å². The Morgan fingerprint density at radius 1 is 1.24 bits per heavy atom. The van der Waals surface area contributed by atoms with Crippen LogP contribution in [0.1, 0.15) is 31.0 Å². The molecule has 4 heteroatoms. The molecule has 0 heterocycles. The molecule has 0 amide bonds. The molecule has 0 fully saturated rings. The summed E-state index contributed by atoms with van der Waals surface area (Å²) >= 11 is 3.57. The lowest BCUT2D eigenvalue weighted by Gasteiger charge is -2.16. The van der Waals surface area contributed by atoms with E-state index in [0.717, 1.165) is 10.0 Å². The van der Waals surface area contributed by atoms with Crippen LogP contribution in [0.4, 0.5) is 0 Å². The standard InChI is InChI=1S/C17H20BrNO2/c1-3-21-17-10-13(8-9-16(17)20)11-19-12(2)14-6-4-5-7-15(14)18/h4-10,12,19-20H,3,11H2,1-2H3/t12-/m0/s1. The van der Waals surface area contributed by atoms with Crippen LogP contribution in [0.25, 0.3) is 0 Å². The highest BCUT2D eigenvalue weighted by molar-refractivity contribution is 9.10. The largest absolute Gasteiger partial charge is 0.504 e. The summed E-state index contributed by atoms with van der Waals surface area (Å²) in [6, 6.07) is 13.9. The van der Waals surface area contributed by atoms with Crippen molar-refractivity contribution in [2.75, 3.05) is 6.61 Å². The van der Waals surface area contributed by atoms with Gasteiger partial charge in [0.1, 0.15) is 0 Å². The van der Waals surface area contributed by atoms with E-state index in [1.807, 2.05) is 37.3 Å². The lowest BCUT2D eigenvalue weighted by molar-refractivity contribution is 0.317. The molecule has 0 radical (unpaired) electrons. The van der Waals surface area contributed by atoms with E-state index >= 15 is 0 Å². The van der Waals surface area contributed by atoms with E-state index in [1.165, 1.54) is 5.56 Å². The fourth-order valence-electron chi connectivity index (χ4n) is 2.15. The third-order valence-corrected chi connectivity index (χ3v) is 4.03. The molecule has 0 aromatic heterocycles. The van der Waals surface area contributed by atoms with Crippen molar-refractivity contribution in [2.24, 2.45) is 0 Å². The number of benzene rings is 2. The molecule has 0 spiro atoms. The number of halogens is 1. The van der Waals surface area contributed by atoms with Gasteiger partial charge < -0.3 is 15.2 Å². The van der Waals surface area contributed by atoms with E-state index < -0.39 is 0 Å². The van der Waals surface area contributed by atoms with Crippen LogP contribution in [0.5, 0.6) is 11.5 Å². The van der Waals surface area contributed by atoms with E-state index in [9.17, 15) is 5.11 Å². The summed E-state index contributed by atoms with van der Waals surface area (Å²) in [5.74, 6) is 0.713. The Bertz CT molecular complexity index is 601. The second kappa shape index (κ2) is 7.48. The first-order valence-electron chi connectivity index (χ1n) is 7.04. The van der Waals surface area contributed by atoms with E-state index in [4.69, 9.17) is 4.74 Å². The molecule has 3 nitrogen and oxygen atoms in total. The first kappa shape index (κ1) is 15.9. The topological polar surface area (TPSA) is 41.5 Å². The van der Waals surface area contributed by atoms with Crippen molar-refractivity contribution in [2.45, 2.75) is 26.4 Å². The maximum atomic E-state index is 9.71. The van der Waals surface area contributed by atoms with Gasteiger partial charge in [-0.1, -0.05) is 40.2 Å².